The summed E-state index contributed by atoms with van der Waals surface area (Å²) in [4.78, 5) is 26.6. The summed E-state index contributed by atoms with van der Waals surface area (Å²) in [7, 11) is 3.40. The molecule has 24 heavy (non-hydrogen) atoms. The molecule has 1 unspecified atom stereocenters. The molecule has 1 aromatic carbocycles. The van der Waals surface area contributed by atoms with Gasteiger partial charge in [0.15, 0.2) is 0 Å². The van der Waals surface area contributed by atoms with E-state index in [-0.39, 0.29) is 11.9 Å². The highest BCUT2D eigenvalue weighted by Crippen LogP contribution is 2.16. The normalized spacial score (nSPS) is 18.1. The van der Waals surface area contributed by atoms with Gasteiger partial charge < -0.3 is 14.4 Å². The van der Waals surface area contributed by atoms with Crippen LogP contribution in [0.3, 0.4) is 0 Å². The van der Waals surface area contributed by atoms with Crippen LogP contribution in [-0.2, 0) is 31.9 Å². The smallest absolute Gasteiger partial charge is 0.328 e. The molecule has 130 valence electrons. The molecule has 1 amide bonds. The molecule has 0 saturated carbocycles. The number of hydrogen-bond acceptors (Lipinski definition) is 4. The van der Waals surface area contributed by atoms with Gasteiger partial charge in [-0.05, 0) is 24.5 Å². The van der Waals surface area contributed by atoms with Gasteiger partial charge in [-0.25, -0.2) is 4.79 Å². The van der Waals surface area contributed by atoms with Crippen molar-refractivity contribution in [1.29, 1.82) is 0 Å². The Morgan fingerprint density at radius 2 is 2.12 bits per heavy atom. The standard InChI is InChI=1S/C18H26BNO4/c1-4-13-9-12(2)10-15(19)14(13)11-17(21)20-6-8-24-7-5-16(20)18(22)23-3/h9-10,16H,4-8,11,19H2,1-3H3. The molecule has 1 fully saturated rings. The van der Waals surface area contributed by atoms with E-state index < -0.39 is 6.04 Å². The first-order chi connectivity index (χ1) is 11.5. The summed E-state index contributed by atoms with van der Waals surface area (Å²) in [6.07, 6.45) is 1.67. The Morgan fingerprint density at radius 3 is 2.79 bits per heavy atom. The van der Waals surface area contributed by atoms with Crippen molar-refractivity contribution in [1.82, 2.24) is 4.90 Å². The fourth-order valence-electron chi connectivity index (χ4n) is 3.36. The Kier molecular flexibility index (Phi) is 6.43. The van der Waals surface area contributed by atoms with Crippen molar-refractivity contribution >= 4 is 25.2 Å². The van der Waals surface area contributed by atoms with Crippen molar-refractivity contribution in [3.63, 3.8) is 0 Å². The van der Waals surface area contributed by atoms with Gasteiger partial charge in [-0.15, -0.1) is 0 Å². The van der Waals surface area contributed by atoms with Crippen LogP contribution < -0.4 is 5.46 Å². The quantitative estimate of drug-likeness (QED) is 0.582. The van der Waals surface area contributed by atoms with E-state index in [1.54, 1.807) is 4.90 Å². The predicted molar refractivity (Wildman–Crippen MR) is 95.4 cm³/mol. The highest BCUT2D eigenvalue weighted by atomic mass is 16.5. The minimum atomic E-state index is -0.555. The SMILES string of the molecule is Bc1cc(C)cc(CC)c1CC(=O)N1CCOCCC1C(=O)OC. The van der Waals surface area contributed by atoms with Crippen molar-refractivity contribution < 1.29 is 19.1 Å². The Hall–Kier alpha value is -1.82. The van der Waals surface area contributed by atoms with E-state index >= 15 is 0 Å². The lowest BCUT2D eigenvalue weighted by atomic mass is 9.83. The first kappa shape index (κ1) is 18.5. The summed E-state index contributed by atoms with van der Waals surface area (Å²) in [5.74, 6) is -0.414. The molecule has 2 rings (SSSR count). The maximum Gasteiger partial charge on any atom is 0.328 e. The van der Waals surface area contributed by atoms with Crippen molar-refractivity contribution in [3.8, 4) is 0 Å². The van der Waals surface area contributed by atoms with Gasteiger partial charge in [0.05, 0.1) is 20.1 Å². The molecule has 1 saturated heterocycles. The van der Waals surface area contributed by atoms with Crippen molar-refractivity contribution in [2.24, 2.45) is 0 Å². The monoisotopic (exact) mass is 331 g/mol. The lowest BCUT2D eigenvalue weighted by Gasteiger charge is -2.28. The third-order valence-corrected chi connectivity index (χ3v) is 4.60. The Morgan fingerprint density at radius 1 is 1.38 bits per heavy atom. The predicted octanol–water partition coefficient (Wildman–Crippen LogP) is 0.149. The van der Waals surface area contributed by atoms with Crippen LogP contribution in [0.15, 0.2) is 12.1 Å². The van der Waals surface area contributed by atoms with Gasteiger partial charge >= 0.3 is 5.97 Å². The second-order valence-corrected chi connectivity index (χ2v) is 6.28. The van der Waals surface area contributed by atoms with Crippen LogP contribution in [0, 0.1) is 6.92 Å². The molecule has 0 bridgehead atoms. The highest BCUT2D eigenvalue weighted by molar-refractivity contribution is 6.33. The largest absolute Gasteiger partial charge is 0.467 e. The minimum absolute atomic E-state index is 0.0439. The maximum atomic E-state index is 12.9. The second kappa shape index (κ2) is 8.33. The van der Waals surface area contributed by atoms with Gasteiger partial charge in [0.25, 0.3) is 0 Å². The number of esters is 1. The number of amides is 1. The zero-order chi connectivity index (χ0) is 17.7. The average molecular weight is 331 g/mol. The van der Waals surface area contributed by atoms with E-state index in [4.69, 9.17) is 9.47 Å². The van der Waals surface area contributed by atoms with Crippen LogP contribution >= 0.6 is 0 Å². The number of carbonyl (C=O) groups is 2. The van der Waals surface area contributed by atoms with E-state index in [9.17, 15) is 9.59 Å². The van der Waals surface area contributed by atoms with Crippen LogP contribution in [0.4, 0.5) is 0 Å². The Bertz CT molecular complexity index is 617. The molecule has 0 aromatic heterocycles. The molecule has 1 aromatic rings. The number of rotatable bonds is 4. The number of nitrogens with zero attached hydrogens (tertiary/aromatic N) is 1. The lowest BCUT2D eigenvalue weighted by molar-refractivity contribution is -0.152. The molecule has 5 nitrogen and oxygen atoms in total. The lowest BCUT2D eigenvalue weighted by Crippen LogP contribution is -2.47. The van der Waals surface area contributed by atoms with Gasteiger partial charge in [-0.2, -0.15) is 0 Å². The van der Waals surface area contributed by atoms with Gasteiger partial charge in [0.1, 0.15) is 13.9 Å². The first-order valence-electron chi connectivity index (χ1n) is 8.52. The number of ether oxygens (including phenoxy) is 2. The maximum absolute atomic E-state index is 12.9. The molecule has 6 heteroatoms. The number of hydrogen-bond donors (Lipinski definition) is 0. The van der Waals surface area contributed by atoms with E-state index in [1.165, 1.54) is 18.2 Å². The number of benzene rings is 1. The van der Waals surface area contributed by atoms with Crippen LogP contribution in [0.2, 0.25) is 0 Å². The van der Waals surface area contributed by atoms with Crippen LogP contribution in [0.5, 0.6) is 0 Å². The summed E-state index contributed by atoms with van der Waals surface area (Å²) in [6.45, 7) is 5.50. The van der Waals surface area contributed by atoms with Gasteiger partial charge in [0, 0.05) is 19.6 Å². The first-order valence-corrected chi connectivity index (χ1v) is 8.52. The van der Waals surface area contributed by atoms with Crippen LogP contribution in [0.25, 0.3) is 0 Å². The summed E-state index contributed by atoms with van der Waals surface area (Å²) in [5.41, 5.74) is 4.60. The average Bonchev–Trinajstić information content (AvgIpc) is 2.82. The molecule has 0 radical (unpaired) electrons. The van der Waals surface area contributed by atoms with Gasteiger partial charge in [0.2, 0.25) is 5.91 Å². The highest BCUT2D eigenvalue weighted by Gasteiger charge is 2.32. The van der Waals surface area contributed by atoms with Gasteiger partial charge in [-0.1, -0.05) is 30.1 Å². The summed E-state index contributed by atoms with van der Waals surface area (Å²) in [6, 6.07) is 3.69. The zero-order valence-corrected chi connectivity index (χ0v) is 15.1. The van der Waals surface area contributed by atoms with E-state index in [2.05, 4.69) is 26.0 Å². The molecule has 1 heterocycles. The van der Waals surface area contributed by atoms with Crippen molar-refractivity contribution in [2.45, 2.75) is 39.2 Å². The van der Waals surface area contributed by atoms with E-state index in [0.29, 0.717) is 32.6 Å². The van der Waals surface area contributed by atoms with Crippen molar-refractivity contribution in [3.05, 3.63) is 28.8 Å². The Labute approximate surface area is 144 Å². The number of methoxy groups -OCH3 is 1. The topological polar surface area (TPSA) is 55.8 Å². The van der Waals surface area contributed by atoms with Gasteiger partial charge in [-0.3, -0.25) is 4.79 Å². The van der Waals surface area contributed by atoms with E-state index in [1.807, 2.05) is 7.85 Å². The second-order valence-electron chi connectivity index (χ2n) is 6.28. The van der Waals surface area contributed by atoms with Crippen LogP contribution in [-0.4, -0.2) is 57.5 Å². The molecule has 0 spiro atoms. The van der Waals surface area contributed by atoms with Crippen molar-refractivity contribution in [2.75, 3.05) is 26.9 Å². The third kappa shape index (κ3) is 4.17. The van der Waals surface area contributed by atoms with E-state index in [0.717, 1.165) is 17.4 Å². The molecule has 1 aliphatic heterocycles. The molecule has 1 atom stereocenters. The third-order valence-electron chi connectivity index (χ3n) is 4.60. The Balaban J connectivity index is 2.25. The molecular formula is C18H26BNO4. The molecular weight excluding hydrogens is 305 g/mol. The fourth-order valence-corrected chi connectivity index (χ4v) is 3.36. The summed E-state index contributed by atoms with van der Waals surface area (Å²) >= 11 is 0. The molecule has 0 aliphatic carbocycles. The molecule has 1 aliphatic rings. The number of aryl methyl sites for hydroxylation is 2. The summed E-state index contributed by atoms with van der Waals surface area (Å²) < 4.78 is 10.3. The molecule has 0 N–H and O–H groups in total. The zero-order valence-electron chi connectivity index (χ0n) is 15.1. The fraction of sp³-hybridized carbons (Fsp3) is 0.556. The number of carbonyl (C=O) groups excluding carboxylic acids is 2. The van der Waals surface area contributed by atoms with Crippen LogP contribution in [0.1, 0.15) is 30.0 Å². The summed E-state index contributed by atoms with van der Waals surface area (Å²) in [5, 5.41) is 0. The minimum Gasteiger partial charge on any atom is -0.467 e.